The van der Waals surface area contributed by atoms with Crippen LogP contribution in [0.25, 0.3) is 0 Å². The van der Waals surface area contributed by atoms with E-state index in [0.717, 1.165) is 6.21 Å². The Bertz CT molecular complexity index is 272. The number of carbonyl (C=O) groups is 1. The van der Waals surface area contributed by atoms with Crippen LogP contribution < -0.4 is 0 Å². The fourth-order valence-electron chi connectivity index (χ4n) is 0.360. The first kappa shape index (κ1) is 11.4. The summed E-state index contributed by atoms with van der Waals surface area (Å²) >= 11 is 0. The smallest absolute Gasteiger partial charge is 0.285 e. The fourth-order valence-corrected chi connectivity index (χ4v) is 0.360. The normalized spacial score (nSPS) is 12.2. The van der Waals surface area contributed by atoms with E-state index < -0.39 is 12.0 Å². The Morgan fingerprint density at radius 3 is 2.62 bits per heavy atom. The average Bonchev–Trinajstić information content (AvgIpc) is 2.02. The van der Waals surface area contributed by atoms with Gasteiger partial charge < -0.3 is 0 Å². The molecule has 13 heavy (non-hydrogen) atoms. The summed E-state index contributed by atoms with van der Waals surface area (Å²) in [5.41, 5.74) is 0. The third-order valence-corrected chi connectivity index (χ3v) is 0.879. The lowest BCUT2D eigenvalue weighted by Gasteiger charge is -1.97. The molecule has 0 unspecified atom stereocenters. The molecular weight excluding hydrogens is 185 g/mol. The third-order valence-electron chi connectivity index (χ3n) is 0.879. The predicted octanol–water partition coefficient (Wildman–Crippen LogP) is 1.62. The number of hydrogen-bond acceptors (Lipinski definition) is 3. The van der Waals surface area contributed by atoms with E-state index in [9.17, 15) is 18.0 Å². The number of carbonyl (C=O) groups excluding carboxylic acids is 1. The van der Waals surface area contributed by atoms with Gasteiger partial charge in [-0.15, -0.1) is 0 Å². The quantitative estimate of drug-likeness (QED) is 0.501. The second-order valence-electron chi connectivity index (χ2n) is 1.87. The van der Waals surface area contributed by atoms with E-state index >= 15 is 0 Å². The number of allylic oxidation sites excluding steroid dienone is 1. The van der Waals surface area contributed by atoms with Gasteiger partial charge in [-0.3, -0.25) is 9.79 Å². The molecule has 0 saturated carbocycles. The molecule has 0 fully saturated rings. The molecule has 0 aromatic rings. The van der Waals surface area contributed by atoms with Crippen molar-refractivity contribution in [2.75, 3.05) is 0 Å². The molecule has 0 amide bonds. The van der Waals surface area contributed by atoms with Crippen LogP contribution in [-0.2, 0) is 4.79 Å². The summed E-state index contributed by atoms with van der Waals surface area (Å²) in [7, 11) is 0. The summed E-state index contributed by atoms with van der Waals surface area (Å²) in [6.07, 6.45) is -2.77. The highest BCUT2D eigenvalue weighted by Crippen LogP contribution is 2.16. The van der Waals surface area contributed by atoms with Gasteiger partial charge in [0.25, 0.3) is 5.78 Å². The average molecular weight is 190 g/mol. The Labute approximate surface area is 72.2 Å². The minimum absolute atomic E-state index is 0.00938. The Morgan fingerprint density at radius 2 is 2.15 bits per heavy atom. The van der Waals surface area contributed by atoms with Crippen LogP contribution in [0.2, 0.25) is 0 Å². The summed E-state index contributed by atoms with van der Waals surface area (Å²) in [5, 5.41) is 7.99. The van der Waals surface area contributed by atoms with Crippen LogP contribution >= 0.6 is 0 Å². The van der Waals surface area contributed by atoms with Crippen LogP contribution in [0.15, 0.2) is 17.3 Å². The van der Waals surface area contributed by atoms with Gasteiger partial charge in [0, 0.05) is 18.5 Å². The molecule has 0 N–H and O–H groups in total. The lowest BCUT2D eigenvalue weighted by molar-refractivity contribution is -0.165. The van der Waals surface area contributed by atoms with E-state index in [4.69, 9.17) is 5.26 Å². The Hall–Kier alpha value is -1.64. The number of hydrogen-bond donors (Lipinski definition) is 0. The maximum atomic E-state index is 11.5. The van der Waals surface area contributed by atoms with Gasteiger partial charge in [0.1, 0.15) is 0 Å². The maximum Gasteiger partial charge on any atom is 0.454 e. The molecule has 0 aliphatic heterocycles. The highest BCUT2D eigenvalue weighted by Gasteiger charge is 2.35. The molecule has 0 atom stereocenters. The number of aliphatic imine (C=N–C) groups is 1. The largest absolute Gasteiger partial charge is 0.454 e. The Kier molecular flexibility index (Phi) is 4.44. The molecule has 0 aromatic heterocycles. The van der Waals surface area contributed by atoms with Crippen LogP contribution in [0.4, 0.5) is 13.2 Å². The summed E-state index contributed by atoms with van der Waals surface area (Å²) in [4.78, 5) is 13.4. The minimum atomic E-state index is -4.86. The number of alkyl halides is 3. The second-order valence-corrected chi connectivity index (χ2v) is 1.87. The van der Waals surface area contributed by atoms with E-state index in [-0.39, 0.29) is 6.42 Å². The van der Waals surface area contributed by atoms with Crippen LogP contribution in [0.3, 0.4) is 0 Å². The molecule has 0 heterocycles. The molecule has 0 bridgehead atoms. The molecular formula is C7H5F3N2O. The zero-order chi connectivity index (χ0) is 10.3. The van der Waals surface area contributed by atoms with Crippen molar-refractivity contribution in [3.05, 3.63) is 12.3 Å². The van der Waals surface area contributed by atoms with E-state index in [1.165, 1.54) is 0 Å². The monoisotopic (exact) mass is 190 g/mol. The number of ketones is 1. The summed E-state index contributed by atoms with van der Waals surface area (Å²) in [6.45, 7) is 0. The van der Waals surface area contributed by atoms with Crippen LogP contribution in [-0.4, -0.2) is 18.2 Å². The maximum absolute atomic E-state index is 11.5. The number of nitriles is 1. The standard InChI is InChI=1S/C7H5F3N2O/c8-7(9,10)6(13)2-5-12-4-1-3-11/h2,4-5H,1H2/b5-2+,12-4?. The van der Waals surface area contributed by atoms with Gasteiger partial charge in [0.15, 0.2) is 0 Å². The van der Waals surface area contributed by atoms with Crippen molar-refractivity contribution in [1.82, 2.24) is 0 Å². The topological polar surface area (TPSA) is 53.2 Å². The van der Waals surface area contributed by atoms with Gasteiger partial charge in [-0.25, -0.2) is 0 Å². The summed E-state index contributed by atoms with van der Waals surface area (Å²) in [6, 6.07) is 1.70. The zero-order valence-electron chi connectivity index (χ0n) is 6.38. The number of rotatable bonds is 3. The van der Waals surface area contributed by atoms with Crippen molar-refractivity contribution >= 4 is 12.0 Å². The third kappa shape index (κ3) is 5.61. The molecule has 0 aliphatic carbocycles. The van der Waals surface area contributed by atoms with Crippen LogP contribution in [0.1, 0.15) is 6.42 Å². The lowest BCUT2D eigenvalue weighted by atomic mass is 10.4. The number of nitrogens with zero attached hydrogens (tertiary/aromatic N) is 2. The van der Waals surface area contributed by atoms with Gasteiger partial charge in [-0.05, 0) is 0 Å². The fraction of sp³-hybridized carbons (Fsp3) is 0.286. The molecule has 0 aliphatic rings. The van der Waals surface area contributed by atoms with Gasteiger partial charge in [-0.2, -0.15) is 18.4 Å². The number of halogens is 3. The van der Waals surface area contributed by atoms with Gasteiger partial charge in [0.05, 0.1) is 12.5 Å². The van der Waals surface area contributed by atoms with Crippen molar-refractivity contribution in [3.8, 4) is 6.07 Å². The van der Waals surface area contributed by atoms with Crippen LogP contribution in [0.5, 0.6) is 0 Å². The van der Waals surface area contributed by atoms with E-state index in [0.29, 0.717) is 12.3 Å². The zero-order valence-corrected chi connectivity index (χ0v) is 6.38. The summed E-state index contributed by atoms with van der Waals surface area (Å²) < 4.78 is 34.6. The van der Waals surface area contributed by atoms with Gasteiger partial charge >= 0.3 is 6.18 Å². The second kappa shape index (κ2) is 5.09. The molecule has 0 spiro atoms. The first-order chi connectivity index (χ1) is 5.98. The lowest BCUT2D eigenvalue weighted by Crippen LogP contribution is -2.19. The van der Waals surface area contributed by atoms with Crippen molar-refractivity contribution in [2.45, 2.75) is 12.6 Å². The van der Waals surface area contributed by atoms with Crippen molar-refractivity contribution < 1.29 is 18.0 Å². The van der Waals surface area contributed by atoms with Crippen molar-refractivity contribution in [3.63, 3.8) is 0 Å². The van der Waals surface area contributed by atoms with Crippen LogP contribution in [0, 0.1) is 11.3 Å². The van der Waals surface area contributed by atoms with Crippen molar-refractivity contribution in [1.29, 1.82) is 5.26 Å². The SMILES string of the molecule is N#CCC=N/C=C/C(=O)C(F)(F)F. The summed E-state index contributed by atoms with van der Waals surface area (Å²) in [5.74, 6) is -1.97. The molecule has 0 saturated heterocycles. The van der Waals surface area contributed by atoms with Gasteiger partial charge in [0.2, 0.25) is 0 Å². The molecule has 0 aromatic carbocycles. The first-order valence-corrected chi connectivity index (χ1v) is 3.14. The Morgan fingerprint density at radius 1 is 1.54 bits per heavy atom. The van der Waals surface area contributed by atoms with Crippen molar-refractivity contribution in [2.24, 2.45) is 4.99 Å². The van der Waals surface area contributed by atoms with E-state index in [1.807, 2.05) is 0 Å². The molecule has 0 radical (unpaired) electrons. The highest BCUT2D eigenvalue weighted by molar-refractivity contribution is 5.94. The van der Waals surface area contributed by atoms with E-state index in [2.05, 4.69) is 4.99 Å². The predicted molar refractivity (Wildman–Crippen MR) is 38.9 cm³/mol. The molecule has 0 rings (SSSR count). The first-order valence-electron chi connectivity index (χ1n) is 3.14. The van der Waals surface area contributed by atoms with Gasteiger partial charge in [-0.1, -0.05) is 0 Å². The molecule has 3 nitrogen and oxygen atoms in total. The minimum Gasteiger partial charge on any atom is -0.285 e. The molecule has 6 heteroatoms. The highest BCUT2D eigenvalue weighted by atomic mass is 19.4. The Balaban J connectivity index is 4.01. The molecule has 70 valence electrons. The van der Waals surface area contributed by atoms with E-state index in [1.54, 1.807) is 6.07 Å².